The van der Waals surface area contributed by atoms with Gasteiger partial charge < -0.3 is 4.74 Å². The van der Waals surface area contributed by atoms with Crippen molar-refractivity contribution in [3.8, 4) is 0 Å². The van der Waals surface area contributed by atoms with Gasteiger partial charge >= 0.3 is 5.97 Å². The van der Waals surface area contributed by atoms with Crippen LogP contribution >= 0.6 is 0 Å². The highest BCUT2D eigenvalue weighted by Crippen LogP contribution is 2.08. The first-order valence-electron chi connectivity index (χ1n) is 6.48. The second kappa shape index (κ2) is 8.36. The summed E-state index contributed by atoms with van der Waals surface area (Å²) >= 11 is 0. The number of hydrogen-bond acceptors (Lipinski definition) is 4. The molecule has 0 bridgehead atoms. The molecule has 114 valence electrons. The maximum absolute atomic E-state index is 11.2. The van der Waals surface area contributed by atoms with E-state index in [-0.39, 0.29) is 17.8 Å². The van der Waals surface area contributed by atoms with Crippen molar-refractivity contribution in [2.75, 3.05) is 7.11 Å². The van der Waals surface area contributed by atoms with Crippen LogP contribution in [0.5, 0.6) is 0 Å². The van der Waals surface area contributed by atoms with Gasteiger partial charge in [0, 0.05) is 17.2 Å². The number of carbonyl (C=O) groups excluding carboxylic acids is 3. The van der Waals surface area contributed by atoms with Gasteiger partial charge in [-0.25, -0.2) is 4.79 Å². The summed E-state index contributed by atoms with van der Waals surface area (Å²) in [7, 11) is 1.33. The van der Waals surface area contributed by atoms with E-state index < -0.39 is 0 Å². The average molecular weight is 299 g/mol. The number of benzene rings is 1. The first-order chi connectivity index (χ1) is 10.4. The predicted molar refractivity (Wildman–Crippen MR) is 83.5 cm³/mol. The van der Waals surface area contributed by atoms with Gasteiger partial charge in [-0.1, -0.05) is 43.0 Å². The van der Waals surface area contributed by atoms with Crippen molar-refractivity contribution in [3.63, 3.8) is 0 Å². The van der Waals surface area contributed by atoms with Crippen molar-refractivity contribution in [1.29, 1.82) is 0 Å². The van der Waals surface area contributed by atoms with Gasteiger partial charge in [0.15, 0.2) is 0 Å². The maximum Gasteiger partial charge on any atom is 0.332 e. The Labute approximate surface area is 129 Å². The smallest absolute Gasteiger partial charge is 0.332 e. The summed E-state index contributed by atoms with van der Waals surface area (Å²) in [6.07, 6.45) is 4.72. The Morgan fingerprint density at radius 1 is 1.18 bits per heavy atom. The lowest BCUT2D eigenvalue weighted by Crippen LogP contribution is -2.21. The van der Waals surface area contributed by atoms with E-state index in [0.717, 1.165) is 5.56 Å². The number of hydrogen-bond donors (Lipinski definition) is 1. The summed E-state index contributed by atoms with van der Waals surface area (Å²) in [6, 6.07) is 9.59. The molecule has 1 aliphatic rings. The SMILES string of the molecule is C=C(C)C(=O)OC.O=C1C=C(C=Cc2ccccc2)C(=O)N1. The molecule has 0 unspecified atom stereocenters. The topological polar surface area (TPSA) is 72.5 Å². The van der Waals surface area contributed by atoms with Gasteiger partial charge in [0.1, 0.15) is 0 Å². The Morgan fingerprint density at radius 2 is 1.82 bits per heavy atom. The zero-order valence-corrected chi connectivity index (χ0v) is 12.5. The minimum atomic E-state index is -0.354. The highest BCUT2D eigenvalue weighted by atomic mass is 16.5. The van der Waals surface area contributed by atoms with Crippen LogP contribution in [0.4, 0.5) is 0 Å². The average Bonchev–Trinajstić information content (AvgIpc) is 2.83. The Balaban J connectivity index is 0.000000295. The van der Waals surface area contributed by atoms with Gasteiger partial charge in [0.05, 0.1) is 7.11 Å². The molecule has 0 spiro atoms. The highest BCUT2D eigenvalue weighted by molar-refractivity contribution is 6.18. The van der Waals surface area contributed by atoms with Crippen LogP contribution in [0.15, 0.2) is 60.2 Å². The number of ether oxygens (including phenoxy) is 1. The molecule has 1 aliphatic heterocycles. The normalized spacial score (nSPS) is 13.1. The van der Waals surface area contributed by atoms with Crippen LogP contribution in [0.3, 0.4) is 0 Å². The molecule has 22 heavy (non-hydrogen) atoms. The Morgan fingerprint density at radius 3 is 2.23 bits per heavy atom. The van der Waals surface area contributed by atoms with Gasteiger partial charge in [-0.05, 0) is 18.6 Å². The number of nitrogens with one attached hydrogen (secondary N) is 1. The third-order valence-electron chi connectivity index (χ3n) is 2.57. The van der Waals surface area contributed by atoms with Crippen molar-refractivity contribution >= 4 is 23.9 Å². The molecule has 1 aromatic carbocycles. The van der Waals surface area contributed by atoms with Gasteiger partial charge in [-0.2, -0.15) is 0 Å². The van der Waals surface area contributed by atoms with E-state index in [4.69, 9.17) is 0 Å². The van der Waals surface area contributed by atoms with E-state index in [9.17, 15) is 14.4 Å². The lowest BCUT2D eigenvalue weighted by Gasteiger charge is -1.92. The Bertz CT molecular complexity index is 642. The molecule has 0 fully saturated rings. The van der Waals surface area contributed by atoms with E-state index in [0.29, 0.717) is 11.1 Å². The molecule has 2 rings (SSSR count). The highest BCUT2D eigenvalue weighted by Gasteiger charge is 2.17. The Kier molecular flexibility index (Phi) is 6.50. The van der Waals surface area contributed by atoms with Gasteiger partial charge in [0.25, 0.3) is 11.8 Å². The molecule has 0 atom stereocenters. The Hall–Kier alpha value is -2.95. The number of methoxy groups -OCH3 is 1. The van der Waals surface area contributed by atoms with Crippen molar-refractivity contribution < 1.29 is 19.1 Å². The number of esters is 1. The third-order valence-corrected chi connectivity index (χ3v) is 2.57. The summed E-state index contributed by atoms with van der Waals surface area (Å²) in [5.74, 6) is -1.04. The van der Waals surface area contributed by atoms with Crippen molar-refractivity contribution in [1.82, 2.24) is 5.32 Å². The molecule has 2 amide bonds. The standard InChI is InChI=1S/C12H9NO2.C5H8O2/c14-11-8-10(12(15)13-11)7-6-9-4-2-1-3-5-9;1-4(2)5(6)7-3/h1-8H,(H,13,14,15);1H2,2-3H3. The third kappa shape index (κ3) is 5.58. The first kappa shape index (κ1) is 17.1. The van der Waals surface area contributed by atoms with Crippen molar-refractivity contribution in [2.24, 2.45) is 0 Å². The lowest BCUT2D eigenvalue weighted by atomic mass is 10.1. The quantitative estimate of drug-likeness (QED) is 0.526. The monoisotopic (exact) mass is 299 g/mol. The largest absolute Gasteiger partial charge is 0.466 e. The minimum absolute atomic E-state index is 0.341. The predicted octanol–water partition coefficient (Wildman–Crippen LogP) is 2.02. The fraction of sp³-hybridized carbons (Fsp3) is 0.118. The molecule has 1 aromatic rings. The molecule has 0 saturated carbocycles. The number of carbonyl (C=O) groups is 3. The van der Waals surface area contributed by atoms with Gasteiger partial charge in [-0.3, -0.25) is 14.9 Å². The maximum atomic E-state index is 11.2. The summed E-state index contributed by atoms with van der Waals surface area (Å²) in [5.41, 5.74) is 1.82. The molecular formula is C17H17NO4. The zero-order valence-electron chi connectivity index (χ0n) is 12.5. The second-order valence-corrected chi connectivity index (χ2v) is 4.43. The van der Waals surface area contributed by atoms with Gasteiger partial charge in [-0.15, -0.1) is 0 Å². The second-order valence-electron chi connectivity index (χ2n) is 4.43. The molecular weight excluding hydrogens is 282 g/mol. The van der Waals surface area contributed by atoms with Crippen LogP contribution in [-0.4, -0.2) is 24.9 Å². The summed E-state index contributed by atoms with van der Waals surface area (Å²) in [5, 5.41) is 2.18. The first-order valence-corrected chi connectivity index (χ1v) is 6.48. The fourth-order valence-electron chi connectivity index (χ4n) is 1.48. The molecule has 1 N–H and O–H groups in total. The fourth-order valence-corrected chi connectivity index (χ4v) is 1.48. The molecule has 0 radical (unpaired) electrons. The van der Waals surface area contributed by atoms with E-state index >= 15 is 0 Å². The number of rotatable bonds is 3. The molecule has 0 aromatic heterocycles. The van der Waals surface area contributed by atoms with E-state index in [1.807, 2.05) is 30.3 Å². The molecule has 0 aliphatic carbocycles. The van der Waals surface area contributed by atoms with Crippen LogP contribution in [0.1, 0.15) is 12.5 Å². The minimum Gasteiger partial charge on any atom is -0.466 e. The summed E-state index contributed by atoms with van der Waals surface area (Å²) < 4.78 is 4.27. The van der Waals surface area contributed by atoms with Crippen LogP contribution < -0.4 is 5.32 Å². The molecule has 0 saturated heterocycles. The molecule has 5 nitrogen and oxygen atoms in total. The number of amides is 2. The van der Waals surface area contributed by atoms with E-state index in [1.54, 1.807) is 19.1 Å². The zero-order chi connectivity index (χ0) is 16.5. The van der Waals surface area contributed by atoms with E-state index in [2.05, 4.69) is 16.6 Å². The number of imide groups is 1. The van der Waals surface area contributed by atoms with Crippen molar-refractivity contribution in [3.05, 3.63) is 65.8 Å². The van der Waals surface area contributed by atoms with Crippen LogP contribution in [0.25, 0.3) is 6.08 Å². The summed E-state index contributed by atoms with van der Waals surface area (Å²) in [6.45, 7) is 4.95. The van der Waals surface area contributed by atoms with Crippen molar-refractivity contribution in [2.45, 2.75) is 6.92 Å². The van der Waals surface area contributed by atoms with Crippen LogP contribution in [-0.2, 0) is 19.1 Å². The molecule has 1 heterocycles. The van der Waals surface area contributed by atoms with Gasteiger partial charge in [0.2, 0.25) is 0 Å². The van der Waals surface area contributed by atoms with E-state index in [1.165, 1.54) is 13.2 Å². The van der Waals surface area contributed by atoms with Crippen LogP contribution in [0, 0.1) is 0 Å². The van der Waals surface area contributed by atoms with Crippen LogP contribution in [0.2, 0.25) is 0 Å². The molecule has 5 heteroatoms. The summed E-state index contributed by atoms with van der Waals surface area (Å²) in [4.78, 5) is 32.2. The lowest BCUT2D eigenvalue weighted by molar-refractivity contribution is -0.136.